The van der Waals surface area contributed by atoms with Crippen molar-refractivity contribution in [2.45, 2.75) is 104 Å². The molecule has 0 saturated heterocycles. The molecule has 4 fully saturated rings. The standard InChI is InChI=1S/C30H44ClNO3S/c1-5-24(26-8-9-27(31)36-26)32-28(35)14-17(2)20-6-7-21-19-16-25(34)23-15-18(33)10-12-30(23,4)22(19)11-13-29(20,21)3/h8-9,17,19-25,34H,5-7,10-16H2,1-4H3,(H,32,35)/t17-,19+,20?,21+,22+,23+,24+,25+,29-,30-/m1/s1. The molecule has 1 unspecified atom stereocenters. The molecule has 0 spiro atoms. The van der Waals surface area contributed by atoms with Crippen LogP contribution in [-0.2, 0) is 9.59 Å². The van der Waals surface area contributed by atoms with Gasteiger partial charge in [-0.1, -0.05) is 39.3 Å². The fourth-order valence-electron chi connectivity index (χ4n) is 9.64. The molecule has 1 aromatic heterocycles. The molecular weight excluding hydrogens is 490 g/mol. The second-order valence-electron chi connectivity index (χ2n) is 13.1. The van der Waals surface area contributed by atoms with Crippen LogP contribution in [0.2, 0.25) is 4.34 Å². The molecule has 0 aliphatic heterocycles. The molecule has 0 aromatic carbocycles. The molecule has 36 heavy (non-hydrogen) atoms. The molecule has 200 valence electrons. The zero-order valence-electron chi connectivity index (χ0n) is 22.4. The Labute approximate surface area is 226 Å². The summed E-state index contributed by atoms with van der Waals surface area (Å²) < 4.78 is 0.763. The van der Waals surface area contributed by atoms with Crippen LogP contribution in [0, 0.1) is 46.3 Å². The fraction of sp³-hybridized carbons (Fsp3) is 0.800. The molecular formula is C30H44ClNO3S. The number of hydrogen-bond donors (Lipinski definition) is 2. The third kappa shape index (κ3) is 4.49. The van der Waals surface area contributed by atoms with Gasteiger partial charge >= 0.3 is 0 Å². The number of amides is 1. The summed E-state index contributed by atoms with van der Waals surface area (Å²) in [6.07, 6.45) is 8.99. The Morgan fingerprint density at radius 1 is 1.17 bits per heavy atom. The molecule has 4 nitrogen and oxygen atoms in total. The number of nitrogens with one attached hydrogen (secondary N) is 1. The Bertz CT molecular complexity index is 995. The fourth-order valence-corrected chi connectivity index (χ4v) is 10.8. The number of Topliss-reactive ketones (excluding diaryl/α,β-unsaturated/α-hetero) is 1. The largest absolute Gasteiger partial charge is 0.393 e. The third-order valence-corrected chi connectivity index (χ3v) is 12.8. The molecule has 5 rings (SSSR count). The Kier molecular flexibility index (Phi) is 7.41. The Morgan fingerprint density at radius 3 is 2.61 bits per heavy atom. The van der Waals surface area contributed by atoms with Crippen LogP contribution in [0.5, 0.6) is 0 Å². The van der Waals surface area contributed by atoms with Crippen LogP contribution in [0.15, 0.2) is 12.1 Å². The summed E-state index contributed by atoms with van der Waals surface area (Å²) in [4.78, 5) is 26.5. The minimum atomic E-state index is -0.346. The molecule has 4 aliphatic carbocycles. The van der Waals surface area contributed by atoms with Crippen LogP contribution in [-0.4, -0.2) is 22.9 Å². The number of ketones is 1. The quantitative estimate of drug-likeness (QED) is 0.406. The van der Waals surface area contributed by atoms with E-state index in [2.05, 4.69) is 33.0 Å². The topological polar surface area (TPSA) is 66.4 Å². The number of hydrogen-bond acceptors (Lipinski definition) is 4. The van der Waals surface area contributed by atoms with Gasteiger partial charge in [-0.25, -0.2) is 0 Å². The molecule has 1 aromatic rings. The van der Waals surface area contributed by atoms with Crippen LogP contribution in [0.25, 0.3) is 0 Å². The maximum absolute atomic E-state index is 13.1. The molecule has 1 amide bonds. The second kappa shape index (κ2) is 10.0. The van der Waals surface area contributed by atoms with E-state index in [-0.39, 0.29) is 34.8 Å². The predicted octanol–water partition coefficient (Wildman–Crippen LogP) is 7.19. The Morgan fingerprint density at radius 2 is 1.92 bits per heavy atom. The van der Waals surface area contributed by atoms with Crippen molar-refractivity contribution >= 4 is 34.6 Å². The van der Waals surface area contributed by atoms with Gasteiger partial charge < -0.3 is 10.4 Å². The number of rotatable bonds is 6. The van der Waals surface area contributed by atoms with Crippen molar-refractivity contribution in [3.63, 3.8) is 0 Å². The molecule has 2 N–H and O–H groups in total. The first kappa shape index (κ1) is 26.7. The lowest BCUT2D eigenvalue weighted by Crippen LogP contribution is -2.58. The molecule has 6 heteroatoms. The van der Waals surface area contributed by atoms with Crippen molar-refractivity contribution in [1.82, 2.24) is 5.32 Å². The lowest BCUT2D eigenvalue weighted by molar-refractivity contribution is -0.166. The summed E-state index contributed by atoms with van der Waals surface area (Å²) >= 11 is 7.68. The van der Waals surface area contributed by atoms with E-state index < -0.39 is 0 Å². The van der Waals surface area contributed by atoms with Gasteiger partial charge in [0.2, 0.25) is 5.91 Å². The van der Waals surface area contributed by atoms with E-state index in [1.807, 2.05) is 12.1 Å². The highest BCUT2D eigenvalue weighted by atomic mass is 35.5. The first-order chi connectivity index (χ1) is 17.1. The second-order valence-corrected chi connectivity index (χ2v) is 14.9. The van der Waals surface area contributed by atoms with E-state index in [0.717, 1.165) is 28.5 Å². The number of aliphatic hydroxyl groups is 1. The highest BCUT2D eigenvalue weighted by Gasteiger charge is 2.62. The zero-order valence-corrected chi connectivity index (χ0v) is 24.0. The van der Waals surface area contributed by atoms with Crippen molar-refractivity contribution in [3.05, 3.63) is 21.3 Å². The first-order valence-electron chi connectivity index (χ1n) is 14.3. The number of aliphatic hydroxyl groups excluding tert-OH is 1. The van der Waals surface area contributed by atoms with Crippen LogP contribution in [0.3, 0.4) is 0 Å². The van der Waals surface area contributed by atoms with E-state index in [1.165, 1.54) is 25.7 Å². The third-order valence-electron chi connectivity index (χ3n) is 11.4. The smallest absolute Gasteiger partial charge is 0.220 e. The van der Waals surface area contributed by atoms with Crippen molar-refractivity contribution in [2.24, 2.45) is 46.3 Å². The SMILES string of the molecule is CC[C@H](NC(=O)C[C@@H](C)C1CC[C@H]2[C@@H]3C[C@H](O)[C@@H]4CC(=O)CC[C@]4(C)[C@H]3CC[C@]12C)c1ccc(Cl)s1. The minimum Gasteiger partial charge on any atom is -0.393 e. The number of carbonyl (C=O) groups excluding carboxylic acids is 2. The van der Waals surface area contributed by atoms with Crippen molar-refractivity contribution in [3.8, 4) is 0 Å². The highest BCUT2D eigenvalue weighted by molar-refractivity contribution is 7.16. The predicted molar refractivity (Wildman–Crippen MR) is 146 cm³/mol. The monoisotopic (exact) mass is 533 g/mol. The van der Waals surface area contributed by atoms with Gasteiger partial charge in [-0.2, -0.15) is 0 Å². The van der Waals surface area contributed by atoms with Gasteiger partial charge in [-0.15, -0.1) is 11.3 Å². The summed E-state index contributed by atoms with van der Waals surface area (Å²) in [5.41, 5.74) is 0.334. The molecule has 4 aliphatic rings. The summed E-state index contributed by atoms with van der Waals surface area (Å²) in [5.74, 6) is 3.31. The van der Waals surface area contributed by atoms with Gasteiger partial charge in [-0.3, -0.25) is 9.59 Å². The molecule has 4 saturated carbocycles. The molecule has 0 bridgehead atoms. The molecule has 1 heterocycles. The maximum atomic E-state index is 13.1. The van der Waals surface area contributed by atoms with Crippen LogP contribution in [0.1, 0.15) is 103 Å². The Balaban J connectivity index is 1.27. The van der Waals surface area contributed by atoms with E-state index in [0.29, 0.717) is 54.6 Å². The average Bonchev–Trinajstić information content (AvgIpc) is 3.41. The van der Waals surface area contributed by atoms with Gasteiger partial charge in [-0.05, 0) is 103 Å². The number of thiophene rings is 1. The summed E-state index contributed by atoms with van der Waals surface area (Å²) in [6, 6.07) is 3.96. The van der Waals surface area contributed by atoms with Gasteiger partial charge in [0.05, 0.1) is 16.5 Å². The number of carbonyl (C=O) groups is 2. The van der Waals surface area contributed by atoms with Gasteiger partial charge in [0.15, 0.2) is 0 Å². The Hall–Kier alpha value is -0.910. The maximum Gasteiger partial charge on any atom is 0.220 e. The molecule has 10 atom stereocenters. The van der Waals surface area contributed by atoms with Crippen molar-refractivity contribution in [1.29, 1.82) is 0 Å². The minimum absolute atomic E-state index is 0.0318. The van der Waals surface area contributed by atoms with E-state index in [9.17, 15) is 14.7 Å². The van der Waals surface area contributed by atoms with Crippen molar-refractivity contribution < 1.29 is 14.7 Å². The normalized spacial score (nSPS) is 41.7. The van der Waals surface area contributed by atoms with E-state index in [4.69, 9.17) is 11.6 Å². The first-order valence-corrected chi connectivity index (χ1v) is 15.5. The van der Waals surface area contributed by atoms with Crippen LogP contribution in [0.4, 0.5) is 0 Å². The lowest BCUT2D eigenvalue weighted by atomic mass is 9.44. The summed E-state index contributed by atoms with van der Waals surface area (Å²) in [7, 11) is 0. The zero-order chi connectivity index (χ0) is 25.8. The van der Waals surface area contributed by atoms with Crippen molar-refractivity contribution in [2.75, 3.05) is 0 Å². The van der Waals surface area contributed by atoms with Crippen LogP contribution >= 0.6 is 22.9 Å². The summed E-state index contributed by atoms with van der Waals surface area (Å²) in [5, 5.41) is 14.5. The van der Waals surface area contributed by atoms with Gasteiger partial charge in [0, 0.05) is 24.1 Å². The van der Waals surface area contributed by atoms with Gasteiger partial charge in [0.1, 0.15) is 5.78 Å². The number of fused-ring (bicyclic) bond motifs is 5. The van der Waals surface area contributed by atoms with E-state index >= 15 is 0 Å². The highest BCUT2D eigenvalue weighted by Crippen LogP contribution is 2.68. The van der Waals surface area contributed by atoms with Crippen LogP contribution < -0.4 is 5.32 Å². The lowest BCUT2D eigenvalue weighted by Gasteiger charge is -2.61. The van der Waals surface area contributed by atoms with Gasteiger partial charge in [0.25, 0.3) is 0 Å². The average molecular weight is 534 g/mol. The number of halogens is 1. The summed E-state index contributed by atoms with van der Waals surface area (Å²) in [6.45, 7) is 9.27. The van der Waals surface area contributed by atoms with E-state index in [1.54, 1.807) is 11.3 Å². The molecule has 0 radical (unpaired) electrons.